The Morgan fingerprint density at radius 2 is 1.81 bits per heavy atom. The van der Waals surface area contributed by atoms with E-state index >= 15 is 0 Å². The maximum absolute atomic E-state index is 12.8. The lowest BCUT2D eigenvalue weighted by molar-refractivity contribution is -0.133. The maximum atomic E-state index is 12.8. The fourth-order valence-corrected chi connectivity index (χ4v) is 3.98. The number of carbonyl (C=O) groups is 3. The second kappa shape index (κ2) is 11.3. The van der Waals surface area contributed by atoms with Gasteiger partial charge in [0.1, 0.15) is 5.92 Å². The van der Waals surface area contributed by atoms with E-state index in [0.29, 0.717) is 30.0 Å². The predicted octanol–water partition coefficient (Wildman–Crippen LogP) is 3.59. The summed E-state index contributed by atoms with van der Waals surface area (Å²) < 4.78 is 11.2. The van der Waals surface area contributed by atoms with Gasteiger partial charge in [0.2, 0.25) is 5.91 Å². The number of hydrogen-bond acceptors (Lipinski definition) is 6. The molecule has 2 atom stereocenters. The van der Waals surface area contributed by atoms with Crippen LogP contribution in [-0.2, 0) is 9.59 Å². The lowest BCUT2D eigenvalue weighted by Crippen LogP contribution is -2.34. The molecule has 3 aromatic carbocycles. The number of nitrogens with one attached hydrogen (secondary N) is 2. The van der Waals surface area contributed by atoms with Crippen LogP contribution in [0.5, 0.6) is 11.5 Å². The van der Waals surface area contributed by atoms with Gasteiger partial charge >= 0.3 is 5.97 Å². The lowest BCUT2D eigenvalue weighted by atomic mass is 9.88. The second-order valence-corrected chi connectivity index (χ2v) is 8.37. The van der Waals surface area contributed by atoms with Gasteiger partial charge in [0.25, 0.3) is 5.91 Å². The van der Waals surface area contributed by atoms with Crippen LogP contribution in [0.25, 0.3) is 0 Å². The Labute approximate surface area is 209 Å². The monoisotopic (exact) mass is 485 g/mol. The normalized spacial score (nSPS) is 17.0. The molecule has 8 heteroatoms. The molecule has 2 amide bonds. The minimum atomic E-state index is -0.868. The van der Waals surface area contributed by atoms with Gasteiger partial charge in [-0.2, -0.15) is 5.10 Å². The summed E-state index contributed by atoms with van der Waals surface area (Å²) in [6, 6.07) is 21.5. The van der Waals surface area contributed by atoms with E-state index in [9.17, 15) is 14.4 Å². The van der Waals surface area contributed by atoms with E-state index in [-0.39, 0.29) is 17.6 Å². The van der Waals surface area contributed by atoms with Crippen LogP contribution < -0.4 is 20.2 Å². The Hall–Kier alpha value is -4.46. The highest BCUT2D eigenvalue weighted by atomic mass is 16.6. The Bertz CT molecular complexity index is 1270. The number of carbonyl (C=O) groups excluding carboxylic acids is 3. The van der Waals surface area contributed by atoms with Crippen LogP contribution in [0.3, 0.4) is 0 Å². The standard InChI is InChI=1S/C28H27N3O5/c1-3-35-24-15-19(11-14-23(24)36-28(34)21-12-9-18(2)10-13-21)16-30-31-27(33)25-22(17-29-26(25)32)20-7-5-4-6-8-20/h4-16,22,25H,3,17H2,1-2H3,(H,29,32)(H,31,33)/t22-,25-/m1/s1. The van der Waals surface area contributed by atoms with Crippen LogP contribution in [0.2, 0.25) is 0 Å². The van der Waals surface area contributed by atoms with Crippen LogP contribution >= 0.6 is 0 Å². The van der Waals surface area contributed by atoms with Crippen LogP contribution in [0.1, 0.15) is 39.9 Å². The fourth-order valence-electron chi connectivity index (χ4n) is 3.98. The van der Waals surface area contributed by atoms with Gasteiger partial charge in [-0.3, -0.25) is 9.59 Å². The molecule has 0 aliphatic carbocycles. The summed E-state index contributed by atoms with van der Waals surface area (Å²) in [6.45, 7) is 4.52. The number of nitrogens with zero attached hydrogens (tertiary/aromatic N) is 1. The molecule has 1 saturated heterocycles. The Balaban J connectivity index is 1.43. The number of rotatable bonds is 8. The summed E-state index contributed by atoms with van der Waals surface area (Å²) in [7, 11) is 0. The molecule has 2 N–H and O–H groups in total. The summed E-state index contributed by atoms with van der Waals surface area (Å²) in [5, 5.41) is 6.78. The highest BCUT2D eigenvalue weighted by Gasteiger charge is 2.40. The van der Waals surface area contributed by atoms with Crippen molar-refractivity contribution in [3.63, 3.8) is 0 Å². The van der Waals surface area contributed by atoms with E-state index in [0.717, 1.165) is 11.1 Å². The molecule has 3 aromatic rings. The zero-order valence-corrected chi connectivity index (χ0v) is 20.1. The van der Waals surface area contributed by atoms with Crippen molar-refractivity contribution in [2.24, 2.45) is 11.0 Å². The first-order valence-corrected chi connectivity index (χ1v) is 11.7. The molecule has 1 aliphatic rings. The number of amides is 2. The van der Waals surface area contributed by atoms with Gasteiger partial charge in [-0.25, -0.2) is 10.2 Å². The van der Waals surface area contributed by atoms with E-state index in [1.165, 1.54) is 6.21 Å². The Kier molecular flexibility index (Phi) is 7.75. The molecular weight excluding hydrogens is 458 g/mol. The molecule has 4 rings (SSSR count). The number of ether oxygens (including phenoxy) is 2. The largest absolute Gasteiger partial charge is 0.490 e. The number of hydrazone groups is 1. The molecule has 1 heterocycles. The van der Waals surface area contributed by atoms with Crippen LogP contribution in [0, 0.1) is 12.8 Å². The summed E-state index contributed by atoms with van der Waals surface area (Å²) in [4.78, 5) is 37.6. The number of benzene rings is 3. The van der Waals surface area contributed by atoms with E-state index < -0.39 is 17.8 Å². The van der Waals surface area contributed by atoms with Gasteiger partial charge in [0, 0.05) is 12.5 Å². The topological polar surface area (TPSA) is 106 Å². The zero-order valence-electron chi connectivity index (χ0n) is 20.1. The molecule has 0 radical (unpaired) electrons. The molecule has 184 valence electrons. The molecular formula is C28H27N3O5. The SMILES string of the molecule is CCOc1cc(C=NNC(=O)[C@H]2C(=O)NC[C@@H]2c2ccccc2)ccc1OC(=O)c1ccc(C)cc1. The number of hydrogen-bond donors (Lipinski definition) is 2. The summed E-state index contributed by atoms with van der Waals surface area (Å²) in [6.07, 6.45) is 1.44. The Morgan fingerprint density at radius 3 is 2.53 bits per heavy atom. The summed E-state index contributed by atoms with van der Waals surface area (Å²) in [5.41, 5.74) is 5.47. The van der Waals surface area contributed by atoms with Gasteiger partial charge in [0.15, 0.2) is 11.5 Å². The first kappa shape index (κ1) is 24.7. The molecule has 1 aliphatic heterocycles. The van der Waals surface area contributed by atoms with Crippen molar-refractivity contribution >= 4 is 24.0 Å². The third-order valence-corrected chi connectivity index (χ3v) is 5.84. The van der Waals surface area contributed by atoms with Crippen molar-refractivity contribution in [1.29, 1.82) is 0 Å². The molecule has 1 fully saturated rings. The maximum Gasteiger partial charge on any atom is 0.343 e. The molecule has 0 saturated carbocycles. The minimum absolute atomic E-state index is 0.263. The lowest BCUT2D eigenvalue weighted by Gasteiger charge is -2.15. The van der Waals surface area contributed by atoms with Crippen LogP contribution in [-0.4, -0.2) is 37.1 Å². The van der Waals surface area contributed by atoms with Crippen LogP contribution in [0.4, 0.5) is 0 Å². The molecule has 0 bridgehead atoms. The summed E-state index contributed by atoms with van der Waals surface area (Å²) >= 11 is 0. The van der Waals surface area contributed by atoms with Crippen molar-refractivity contribution in [1.82, 2.24) is 10.7 Å². The second-order valence-electron chi connectivity index (χ2n) is 8.37. The molecule has 36 heavy (non-hydrogen) atoms. The number of aryl methyl sites for hydroxylation is 1. The highest BCUT2D eigenvalue weighted by molar-refractivity contribution is 6.03. The predicted molar refractivity (Wildman–Crippen MR) is 135 cm³/mol. The van der Waals surface area contributed by atoms with Crippen molar-refractivity contribution in [2.45, 2.75) is 19.8 Å². The van der Waals surface area contributed by atoms with Crippen molar-refractivity contribution in [2.75, 3.05) is 13.2 Å². The van der Waals surface area contributed by atoms with E-state index in [2.05, 4.69) is 15.8 Å². The average molecular weight is 486 g/mol. The highest BCUT2D eigenvalue weighted by Crippen LogP contribution is 2.30. The Morgan fingerprint density at radius 1 is 1.06 bits per heavy atom. The first-order chi connectivity index (χ1) is 17.5. The van der Waals surface area contributed by atoms with Gasteiger partial charge in [-0.15, -0.1) is 0 Å². The first-order valence-electron chi connectivity index (χ1n) is 11.7. The van der Waals surface area contributed by atoms with Crippen molar-refractivity contribution in [3.05, 3.63) is 95.1 Å². The van der Waals surface area contributed by atoms with E-state index in [1.54, 1.807) is 30.3 Å². The minimum Gasteiger partial charge on any atom is -0.490 e. The molecule has 0 spiro atoms. The third kappa shape index (κ3) is 5.78. The molecule has 8 nitrogen and oxygen atoms in total. The number of esters is 1. The average Bonchev–Trinajstić information content (AvgIpc) is 3.28. The molecule has 0 aromatic heterocycles. The van der Waals surface area contributed by atoms with Gasteiger partial charge in [-0.05, 0) is 55.3 Å². The van der Waals surface area contributed by atoms with E-state index in [4.69, 9.17) is 9.47 Å². The van der Waals surface area contributed by atoms with Gasteiger partial charge < -0.3 is 14.8 Å². The van der Waals surface area contributed by atoms with Crippen molar-refractivity contribution < 1.29 is 23.9 Å². The summed E-state index contributed by atoms with van der Waals surface area (Å²) in [5.74, 6) is -1.79. The smallest absolute Gasteiger partial charge is 0.343 e. The van der Waals surface area contributed by atoms with E-state index in [1.807, 2.05) is 56.3 Å². The van der Waals surface area contributed by atoms with Crippen molar-refractivity contribution in [3.8, 4) is 11.5 Å². The van der Waals surface area contributed by atoms with Gasteiger partial charge in [-0.1, -0.05) is 48.0 Å². The zero-order chi connectivity index (χ0) is 25.5. The third-order valence-electron chi connectivity index (χ3n) is 5.84. The quantitative estimate of drug-likeness (QED) is 0.167. The molecule has 0 unspecified atom stereocenters. The fraction of sp³-hybridized carbons (Fsp3) is 0.214. The van der Waals surface area contributed by atoms with Gasteiger partial charge in [0.05, 0.1) is 18.4 Å². The van der Waals surface area contributed by atoms with Crippen LogP contribution in [0.15, 0.2) is 77.9 Å².